The Kier molecular flexibility index (Phi) is 3.92. The van der Waals surface area contributed by atoms with Crippen LogP contribution in [0.1, 0.15) is 41.4 Å². The van der Waals surface area contributed by atoms with Crippen LogP contribution in [-0.2, 0) is 6.42 Å². The molecule has 4 heteroatoms. The molecular weight excluding hydrogens is 190 g/mol. The summed E-state index contributed by atoms with van der Waals surface area (Å²) in [6, 6.07) is 2.08. The lowest BCUT2D eigenvalue weighted by Gasteiger charge is -1.98. The third-order valence-electron chi connectivity index (χ3n) is 2.33. The largest absolute Gasteiger partial charge is 0.363 e. The number of nitriles is 1. The summed E-state index contributed by atoms with van der Waals surface area (Å²) in [5.41, 5.74) is 1.77. The maximum absolute atomic E-state index is 11.4. The fourth-order valence-corrected chi connectivity index (χ4v) is 1.46. The SMILES string of the molecule is CCCCc1[nH]cc(C(=O)NC)c1C#N. The molecule has 80 valence electrons. The van der Waals surface area contributed by atoms with E-state index in [2.05, 4.69) is 23.3 Å². The number of aromatic nitrogens is 1. The highest BCUT2D eigenvalue weighted by Crippen LogP contribution is 2.15. The molecular formula is C11H15N3O. The molecule has 1 heterocycles. The van der Waals surface area contributed by atoms with Crippen molar-refractivity contribution in [2.75, 3.05) is 7.05 Å². The van der Waals surface area contributed by atoms with Crippen LogP contribution < -0.4 is 5.32 Å². The number of carbonyl (C=O) groups is 1. The number of unbranched alkanes of at least 4 members (excludes halogenated alkanes) is 1. The van der Waals surface area contributed by atoms with Crippen molar-refractivity contribution in [1.82, 2.24) is 10.3 Å². The van der Waals surface area contributed by atoms with E-state index in [-0.39, 0.29) is 5.91 Å². The summed E-state index contributed by atoms with van der Waals surface area (Å²) in [6.07, 6.45) is 4.50. The van der Waals surface area contributed by atoms with Crippen molar-refractivity contribution in [2.24, 2.45) is 0 Å². The van der Waals surface area contributed by atoms with Crippen LogP contribution in [0.25, 0.3) is 0 Å². The predicted octanol–water partition coefficient (Wildman–Crippen LogP) is 1.59. The van der Waals surface area contributed by atoms with Gasteiger partial charge in [0, 0.05) is 18.9 Å². The molecule has 1 amide bonds. The average molecular weight is 205 g/mol. The predicted molar refractivity (Wildman–Crippen MR) is 57.5 cm³/mol. The summed E-state index contributed by atoms with van der Waals surface area (Å²) >= 11 is 0. The van der Waals surface area contributed by atoms with Gasteiger partial charge in [-0.3, -0.25) is 4.79 Å². The molecule has 0 aliphatic heterocycles. The second-order valence-corrected chi connectivity index (χ2v) is 3.35. The number of nitrogens with one attached hydrogen (secondary N) is 2. The Hall–Kier alpha value is -1.76. The van der Waals surface area contributed by atoms with Gasteiger partial charge in [0.2, 0.25) is 0 Å². The number of amides is 1. The number of aryl methyl sites for hydroxylation is 1. The van der Waals surface area contributed by atoms with Crippen LogP contribution in [0.4, 0.5) is 0 Å². The normalized spacial score (nSPS) is 9.67. The first-order chi connectivity index (χ1) is 7.24. The zero-order chi connectivity index (χ0) is 11.3. The van der Waals surface area contributed by atoms with E-state index in [0.29, 0.717) is 11.1 Å². The van der Waals surface area contributed by atoms with Crippen molar-refractivity contribution < 1.29 is 4.79 Å². The smallest absolute Gasteiger partial charge is 0.253 e. The molecule has 4 nitrogen and oxygen atoms in total. The van der Waals surface area contributed by atoms with E-state index >= 15 is 0 Å². The number of nitrogens with zero attached hydrogens (tertiary/aromatic N) is 1. The molecule has 1 rings (SSSR count). The van der Waals surface area contributed by atoms with Gasteiger partial charge in [-0.2, -0.15) is 5.26 Å². The van der Waals surface area contributed by atoms with Crippen molar-refractivity contribution in [3.8, 4) is 6.07 Å². The second kappa shape index (κ2) is 5.20. The molecule has 15 heavy (non-hydrogen) atoms. The highest BCUT2D eigenvalue weighted by atomic mass is 16.1. The van der Waals surface area contributed by atoms with Gasteiger partial charge in [0.1, 0.15) is 6.07 Å². The standard InChI is InChI=1S/C11H15N3O/c1-3-4-5-10-8(6-12)9(7-14-10)11(15)13-2/h7,14H,3-5H2,1-2H3,(H,13,15). The molecule has 0 spiro atoms. The van der Waals surface area contributed by atoms with Crippen LogP contribution in [-0.4, -0.2) is 17.9 Å². The zero-order valence-corrected chi connectivity index (χ0v) is 9.05. The minimum atomic E-state index is -0.217. The number of hydrogen-bond acceptors (Lipinski definition) is 2. The van der Waals surface area contributed by atoms with Crippen LogP contribution in [0.2, 0.25) is 0 Å². The van der Waals surface area contributed by atoms with Crippen LogP contribution in [0.3, 0.4) is 0 Å². The average Bonchev–Trinajstić information content (AvgIpc) is 2.67. The van der Waals surface area contributed by atoms with Gasteiger partial charge in [-0.1, -0.05) is 13.3 Å². The van der Waals surface area contributed by atoms with Crippen molar-refractivity contribution >= 4 is 5.91 Å². The third kappa shape index (κ3) is 2.38. The van der Waals surface area contributed by atoms with Crippen molar-refractivity contribution in [2.45, 2.75) is 26.2 Å². The summed E-state index contributed by atoms with van der Waals surface area (Å²) in [6.45, 7) is 2.09. The highest BCUT2D eigenvalue weighted by molar-refractivity contribution is 5.96. The van der Waals surface area contributed by atoms with Gasteiger partial charge in [0.25, 0.3) is 5.91 Å². The van der Waals surface area contributed by atoms with E-state index in [1.165, 1.54) is 0 Å². The van der Waals surface area contributed by atoms with Crippen LogP contribution in [0.15, 0.2) is 6.20 Å². The number of hydrogen-bond donors (Lipinski definition) is 2. The molecule has 0 radical (unpaired) electrons. The van der Waals surface area contributed by atoms with E-state index in [9.17, 15) is 4.79 Å². The minimum Gasteiger partial charge on any atom is -0.363 e. The van der Waals surface area contributed by atoms with Crippen molar-refractivity contribution in [3.63, 3.8) is 0 Å². The first-order valence-corrected chi connectivity index (χ1v) is 5.07. The molecule has 0 fully saturated rings. The van der Waals surface area contributed by atoms with E-state index in [1.54, 1.807) is 13.2 Å². The topological polar surface area (TPSA) is 68.7 Å². The van der Waals surface area contributed by atoms with Crippen LogP contribution in [0.5, 0.6) is 0 Å². The molecule has 0 aliphatic rings. The molecule has 0 saturated heterocycles. The molecule has 0 bridgehead atoms. The van der Waals surface area contributed by atoms with Crippen molar-refractivity contribution in [1.29, 1.82) is 5.26 Å². The molecule has 1 aromatic heterocycles. The van der Waals surface area contributed by atoms with Gasteiger partial charge >= 0.3 is 0 Å². The Bertz CT molecular complexity index is 387. The summed E-state index contributed by atoms with van der Waals surface area (Å²) in [5, 5.41) is 11.5. The first kappa shape index (κ1) is 11.3. The molecule has 0 unspecified atom stereocenters. The Balaban J connectivity index is 2.96. The lowest BCUT2D eigenvalue weighted by atomic mass is 10.1. The third-order valence-corrected chi connectivity index (χ3v) is 2.33. The van der Waals surface area contributed by atoms with Gasteiger partial charge in [0.05, 0.1) is 11.1 Å². The van der Waals surface area contributed by atoms with E-state index < -0.39 is 0 Å². The number of H-pyrrole nitrogens is 1. The minimum absolute atomic E-state index is 0.217. The van der Waals surface area contributed by atoms with Gasteiger partial charge in [-0.05, 0) is 12.8 Å². The van der Waals surface area contributed by atoms with E-state index in [4.69, 9.17) is 5.26 Å². The first-order valence-electron chi connectivity index (χ1n) is 5.07. The van der Waals surface area contributed by atoms with Gasteiger partial charge in [-0.15, -0.1) is 0 Å². The van der Waals surface area contributed by atoms with E-state index in [0.717, 1.165) is 25.0 Å². The molecule has 2 N–H and O–H groups in total. The fourth-order valence-electron chi connectivity index (χ4n) is 1.46. The Morgan fingerprint density at radius 1 is 1.67 bits per heavy atom. The lowest BCUT2D eigenvalue weighted by molar-refractivity contribution is 0.0963. The molecule has 0 atom stereocenters. The number of carbonyl (C=O) groups excluding carboxylic acids is 1. The monoisotopic (exact) mass is 205 g/mol. The van der Waals surface area contributed by atoms with Crippen molar-refractivity contribution in [3.05, 3.63) is 23.0 Å². The molecule has 0 aromatic carbocycles. The van der Waals surface area contributed by atoms with Gasteiger partial charge < -0.3 is 10.3 Å². The molecule has 1 aromatic rings. The number of aromatic amines is 1. The van der Waals surface area contributed by atoms with Crippen LogP contribution >= 0.6 is 0 Å². The Labute approximate surface area is 89.3 Å². The highest BCUT2D eigenvalue weighted by Gasteiger charge is 2.15. The van der Waals surface area contributed by atoms with Gasteiger partial charge in [0.15, 0.2) is 0 Å². The summed E-state index contributed by atoms with van der Waals surface area (Å²) in [5.74, 6) is -0.217. The lowest BCUT2D eigenvalue weighted by Crippen LogP contribution is -2.18. The Morgan fingerprint density at radius 2 is 2.40 bits per heavy atom. The molecule has 0 aliphatic carbocycles. The quantitative estimate of drug-likeness (QED) is 0.783. The summed E-state index contributed by atoms with van der Waals surface area (Å²) in [7, 11) is 1.56. The summed E-state index contributed by atoms with van der Waals surface area (Å²) in [4.78, 5) is 14.4. The van der Waals surface area contributed by atoms with E-state index in [1.807, 2.05) is 0 Å². The summed E-state index contributed by atoms with van der Waals surface area (Å²) < 4.78 is 0. The maximum atomic E-state index is 11.4. The zero-order valence-electron chi connectivity index (χ0n) is 9.05. The number of rotatable bonds is 4. The Morgan fingerprint density at radius 3 is 2.93 bits per heavy atom. The van der Waals surface area contributed by atoms with Gasteiger partial charge in [-0.25, -0.2) is 0 Å². The maximum Gasteiger partial charge on any atom is 0.253 e. The molecule has 0 saturated carbocycles. The van der Waals surface area contributed by atoms with Crippen LogP contribution in [0, 0.1) is 11.3 Å². The second-order valence-electron chi connectivity index (χ2n) is 3.35. The fraction of sp³-hybridized carbons (Fsp3) is 0.455.